The Labute approximate surface area is 150 Å². The number of rotatable bonds is 4. The first kappa shape index (κ1) is 18.9. The van der Waals surface area contributed by atoms with Gasteiger partial charge >= 0.3 is 0 Å². The summed E-state index contributed by atoms with van der Waals surface area (Å²) in [6.07, 6.45) is 0.990. The number of ether oxygens (including phenoxy) is 2. The van der Waals surface area contributed by atoms with Crippen LogP contribution in [0.25, 0.3) is 0 Å². The Morgan fingerprint density at radius 2 is 1.82 bits per heavy atom. The Bertz CT molecular complexity index is 520. The quantitative estimate of drug-likeness (QED) is 0.463. The van der Waals surface area contributed by atoms with Crippen LogP contribution in [-0.4, -0.2) is 44.7 Å². The van der Waals surface area contributed by atoms with Crippen LogP contribution in [0.15, 0.2) is 17.1 Å². The molecule has 22 heavy (non-hydrogen) atoms. The zero-order valence-corrected chi connectivity index (χ0v) is 16.1. The molecule has 1 aliphatic rings. The molecule has 0 atom stereocenters. The molecule has 0 aromatic heterocycles. The summed E-state index contributed by atoms with van der Waals surface area (Å²) in [5.74, 6) is 2.58. The lowest BCUT2D eigenvalue weighted by atomic mass is 9.99. The van der Waals surface area contributed by atoms with Crippen LogP contribution >= 0.6 is 24.0 Å². The molecule has 2 rings (SSSR count). The molecule has 0 unspecified atom stereocenters. The lowest BCUT2D eigenvalue weighted by Gasteiger charge is -2.32. The van der Waals surface area contributed by atoms with E-state index < -0.39 is 0 Å². The van der Waals surface area contributed by atoms with Gasteiger partial charge in [0.05, 0.1) is 14.2 Å². The molecule has 1 N–H and O–H groups in total. The fourth-order valence-corrected chi connectivity index (χ4v) is 2.64. The number of guanidine groups is 1. The summed E-state index contributed by atoms with van der Waals surface area (Å²) in [4.78, 5) is 6.86. The van der Waals surface area contributed by atoms with E-state index in [9.17, 15) is 0 Å². The van der Waals surface area contributed by atoms with Crippen LogP contribution in [0, 0.1) is 0 Å². The maximum Gasteiger partial charge on any atom is 0.194 e. The van der Waals surface area contributed by atoms with Crippen LogP contribution in [0.2, 0.25) is 0 Å². The van der Waals surface area contributed by atoms with Crippen LogP contribution in [0.3, 0.4) is 0 Å². The van der Waals surface area contributed by atoms with Gasteiger partial charge in [0, 0.05) is 26.2 Å². The van der Waals surface area contributed by atoms with Gasteiger partial charge in [0.15, 0.2) is 17.5 Å². The first-order valence-corrected chi connectivity index (χ1v) is 7.50. The first-order valence-electron chi connectivity index (χ1n) is 7.50. The number of nitrogens with one attached hydrogen (secondary N) is 1. The number of hydrogen-bond acceptors (Lipinski definition) is 3. The smallest absolute Gasteiger partial charge is 0.194 e. The summed E-state index contributed by atoms with van der Waals surface area (Å²) in [7, 11) is 3.35. The molecule has 0 radical (unpaired) electrons. The molecule has 6 heteroatoms. The summed E-state index contributed by atoms with van der Waals surface area (Å²) in [5, 5.41) is 3.36. The minimum Gasteiger partial charge on any atom is -0.493 e. The van der Waals surface area contributed by atoms with E-state index in [4.69, 9.17) is 9.47 Å². The molecule has 0 fully saturated rings. The molecule has 0 bridgehead atoms. The van der Waals surface area contributed by atoms with Gasteiger partial charge in [-0.3, -0.25) is 4.99 Å². The molecule has 0 aliphatic carbocycles. The highest BCUT2D eigenvalue weighted by molar-refractivity contribution is 14.0. The van der Waals surface area contributed by atoms with Crippen molar-refractivity contribution in [3.8, 4) is 11.5 Å². The van der Waals surface area contributed by atoms with Gasteiger partial charge in [-0.15, -0.1) is 24.0 Å². The number of aliphatic imine (C=N–C) groups is 1. The van der Waals surface area contributed by atoms with E-state index >= 15 is 0 Å². The van der Waals surface area contributed by atoms with Crippen molar-refractivity contribution < 1.29 is 9.47 Å². The molecule has 1 aromatic carbocycles. The number of fused-ring (bicyclic) bond motifs is 1. The molecule has 0 amide bonds. The van der Waals surface area contributed by atoms with Crippen LogP contribution in [0.4, 0.5) is 0 Å². The van der Waals surface area contributed by atoms with Gasteiger partial charge in [-0.05, 0) is 43.5 Å². The van der Waals surface area contributed by atoms with Crippen molar-refractivity contribution in [2.24, 2.45) is 4.99 Å². The van der Waals surface area contributed by atoms with Gasteiger partial charge in [-0.2, -0.15) is 0 Å². The summed E-state index contributed by atoms with van der Waals surface area (Å²) in [6.45, 7) is 7.64. The predicted molar refractivity (Wildman–Crippen MR) is 101 cm³/mol. The fourth-order valence-electron chi connectivity index (χ4n) is 2.64. The Morgan fingerprint density at radius 1 is 1.18 bits per heavy atom. The van der Waals surface area contributed by atoms with Crippen LogP contribution < -0.4 is 14.8 Å². The van der Waals surface area contributed by atoms with Crippen molar-refractivity contribution in [2.75, 3.05) is 33.9 Å². The molecule has 1 aromatic rings. The van der Waals surface area contributed by atoms with E-state index in [0.717, 1.165) is 50.1 Å². The number of benzene rings is 1. The van der Waals surface area contributed by atoms with Gasteiger partial charge in [0.2, 0.25) is 0 Å². The summed E-state index contributed by atoms with van der Waals surface area (Å²) in [6, 6.07) is 4.17. The number of nitrogens with zero attached hydrogens (tertiary/aromatic N) is 2. The van der Waals surface area contributed by atoms with E-state index in [1.54, 1.807) is 14.2 Å². The number of halogens is 1. The third-order valence-electron chi connectivity index (χ3n) is 3.66. The third-order valence-corrected chi connectivity index (χ3v) is 3.66. The molecule has 5 nitrogen and oxygen atoms in total. The Balaban J connectivity index is 0.00000242. The Hall–Kier alpha value is -1.18. The highest BCUT2D eigenvalue weighted by Gasteiger charge is 2.21. The van der Waals surface area contributed by atoms with Gasteiger partial charge in [-0.25, -0.2) is 0 Å². The second kappa shape index (κ2) is 9.07. The molecule has 1 aliphatic heterocycles. The summed E-state index contributed by atoms with van der Waals surface area (Å²) < 4.78 is 10.8. The highest BCUT2D eigenvalue weighted by Crippen LogP contribution is 2.33. The minimum atomic E-state index is 0. The zero-order valence-electron chi connectivity index (χ0n) is 13.8. The van der Waals surface area contributed by atoms with Crippen molar-refractivity contribution >= 4 is 29.9 Å². The van der Waals surface area contributed by atoms with Crippen molar-refractivity contribution in [1.29, 1.82) is 0 Å². The predicted octanol–water partition coefficient (Wildman–Crippen LogP) is 2.67. The second-order valence-corrected chi connectivity index (χ2v) is 4.98. The van der Waals surface area contributed by atoms with Crippen LogP contribution in [-0.2, 0) is 13.0 Å². The molecule has 1 heterocycles. The SMILES string of the molecule is CCN=C(NCC)N1CCc2cc(OC)c(OC)cc2C1.I. The lowest BCUT2D eigenvalue weighted by Crippen LogP contribution is -2.44. The summed E-state index contributed by atoms with van der Waals surface area (Å²) >= 11 is 0. The maximum atomic E-state index is 5.40. The average Bonchev–Trinajstić information content (AvgIpc) is 2.52. The largest absolute Gasteiger partial charge is 0.493 e. The lowest BCUT2D eigenvalue weighted by molar-refractivity contribution is 0.346. The molecule has 0 spiro atoms. The van der Waals surface area contributed by atoms with E-state index in [-0.39, 0.29) is 24.0 Å². The van der Waals surface area contributed by atoms with Gasteiger partial charge in [0.1, 0.15) is 0 Å². The van der Waals surface area contributed by atoms with Gasteiger partial charge in [-0.1, -0.05) is 0 Å². The topological polar surface area (TPSA) is 46.1 Å². The van der Waals surface area contributed by atoms with E-state index in [0.29, 0.717) is 0 Å². The monoisotopic (exact) mass is 419 g/mol. The normalized spacial score (nSPS) is 14.0. The Kier molecular flexibility index (Phi) is 7.78. The standard InChI is InChI=1S/C16H25N3O2.HI/c1-5-17-16(18-6-2)19-8-7-12-9-14(20-3)15(21-4)10-13(12)11-19;/h9-10H,5-8,11H2,1-4H3,(H,17,18);1H. The van der Waals surface area contributed by atoms with E-state index in [1.807, 2.05) is 0 Å². The molecular formula is C16H26IN3O2. The van der Waals surface area contributed by atoms with Crippen molar-refractivity contribution in [2.45, 2.75) is 26.8 Å². The van der Waals surface area contributed by atoms with Crippen molar-refractivity contribution in [3.63, 3.8) is 0 Å². The molecule has 0 saturated carbocycles. The third kappa shape index (κ3) is 4.18. The fraction of sp³-hybridized carbons (Fsp3) is 0.562. The van der Waals surface area contributed by atoms with Gasteiger partial charge in [0.25, 0.3) is 0 Å². The van der Waals surface area contributed by atoms with Crippen LogP contribution in [0.1, 0.15) is 25.0 Å². The maximum absolute atomic E-state index is 5.40. The Morgan fingerprint density at radius 3 is 2.36 bits per heavy atom. The summed E-state index contributed by atoms with van der Waals surface area (Å²) in [5.41, 5.74) is 2.61. The average molecular weight is 419 g/mol. The van der Waals surface area contributed by atoms with Crippen molar-refractivity contribution in [3.05, 3.63) is 23.3 Å². The minimum absolute atomic E-state index is 0. The highest BCUT2D eigenvalue weighted by atomic mass is 127. The van der Waals surface area contributed by atoms with E-state index in [2.05, 4.69) is 41.2 Å². The van der Waals surface area contributed by atoms with E-state index in [1.165, 1.54) is 11.1 Å². The molecular weight excluding hydrogens is 393 g/mol. The van der Waals surface area contributed by atoms with Crippen molar-refractivity contribution in [1.82, 2.24) is 10.2 Å². The molecule has 0 saturated heterocycles. The number of methoxy groups -OCH3 is 2. The molecule has 124 valence electrons. The number of hydrogen-bond donors (Lipinski definition) is 1. The zero-order chi connectivity index (χ0) is 15.2. The first-order chi connectivity index (χ1) is 10.2. The van der Waals surface area contributed by atoms with Crippen LogP contribution in [0.5, 0.6) is 11.5 Å². The van der Waals surface area contributed by atoms with Gasteiger partial charge < -0.3 is 19.7 Å². The second-order valence-electron chi connectivity index (χ2n) is 4.98.